The molecule has 0 bridgehead atoms. The van der Waals surface area contributed by atoms with Gasteiger partial charge in [0.1, 0.15) is 23.2 Å². The van der Waals surface area contributed by atoms with Crippen LogP contribution >= 0.6 is 23.2 Å². The van der Waals surface area contributed by atoms with E-state index in [2.05, 4.69) is 20.6 Å². The smallest absolute Gasteiger partial charge is 0.136 e. The molecule has 0 spiro atoms. The lowest BCUT2D eigenvalue weighted by atomic mass is 10.3. The average molecular weight is 375 g/mol. The van der Waals surface area contributed by atoms with Crippen LogP contribution in [0.25, 0.3) is 0 Å². The molecule has 1 aromatic heterocycles. The molecule has 3 aromatic rings. The minimum atomic E-state index is 0.449. The molecule has 0 fully saturated rings. The van der Waals surface area contributed by atoms with Crippen LogP contribution in [0.15, 0.2) is 48.5 Å². The molecule has 3 rings (SSSR count). The largest absolute Gasteiger partial charge is 0.497 e. The molecule has 2 aromatic carbocycles. The zero-order valence-electron chi connectivity index (χ0n) is 13.7. The second-order valence-electron chi connectivity index (χ2n) is 5.27. The molecule has 0 amide bonds. The van der Waals surface area contributed by atoms with E-state index in [4.69, 9.17) is 27.9 Å². The van der Waals surface area contributed by atoms with Crippen molar-refractivity contribution in [2.45, 2.75) is 6.92 Å². The summed E-state index contributed by atoms with van der Waals surface area (Å²) in [6.45, 7) is 1.82. The molecular formula is C18H16Cl2N4O. The lowest BCUT2D eigenvalue weighted by Crippen LogP contribution is -2.02. The van der Waals surface area contributed by atoms with Crippen molar-refractivity contribution in [3.05, 3.63) is 64.4 Å². The monoisotopic (exact) mass is 374 g/mol. The van der Waals surface area contributed by atoms with Gasteiger partial charge in [-0.2, -0.15) is 0 Å². The van der Waals surface area contributed by atoms with Crippen LogP contribution in [-0.4, -0.2) is 17.1 Å². The summed E-state index contributed by atoms with van der Waals surface area (Å²) in [7, 11) is 1.63. The maximum absolute atomic E-state index is 6.22. The third kappa shape index (κ3) is 4.32. The first-order valence-corrected chi connectivity index (χ1v) is 8.28. The quantitative estimate of drug-likeness (QED) is 0.609. The van der Waals surface area contributed by atoms with Gasteiger partial charge in [-0.1, -0.05) is 29.3 Å². The zero-order valence-corrected chi connectivity index (χ0v) is 15.2. The van der Waals surface area contributed by atoms with Crippen LogP contribution in [0.4, 0.5) is 23.0 Å². The fraction of sp³-hybridized carbons (Fsp3) is 0.111. The van der Waals surface area contributed by atoms with Crippen LogP contribution in [0.3, 0.4) is 0 Å². The first-order valence-electron chi connectivity index (χ1n) is 7.53. The molecule has 0 aliphatic rings. The van der Waals surface area contributed by atoms with Gasteiger partial charge in [0.15, 0.2) is 0 Å². The van der Waals surface area contributed by atoms with E-state index >= 15 is 0 Å². The number of benzene rings is 2. The van der Waals surface area contributed by atoms with Gasteiger partial charge >= 0.3 is 0 Å². The molecule has 5 nitrogen and oxygen atoms in total. The third-order valence-corrected chi connectivity index (χ3v) is 4.23. The topological polar surface area (TPSA) is 59.1 Å². The molecule has 0 radical (unpaired) electrons. The van der Waals surface area contributed by atoms with Gasteiger partial charge in [-0.3, -0.25) is 0 Å². The summed E-state index contributed by atoms with van der Waals surface area (Å²) in [5, 5.41) is 7.34. The van der Waals surface area contributed by atoms with E-state index in [-0.39, 0.29) is 0 Å². The highest BCUT2D eigenvalue weighted by atomic mass is 35.5. The number of hydrogen-bond donors (Lipinski definition) is 2. The Morgan fingerprint density at radius 1 is 0.920 bits per heavy atom. The Labute approximate surface area is 156 Å². The zero-order chi connectivity index (χ0) is 17.8. The van der Waals surface area contributed by atoms with Crippen molar-refractivity contribution in [3.63, 3.8) is 0 Å². The fourth-order valence-corrected chi connectivity index (χ4v) is 2.60. The molecule has 0 aliphatic heterocycles. The summed E-state index contributed by atoms with van der Waals surface area (Å²) < 4.78 is 5.16. The van der Waals surface area contributed by atoms with Crippen LogP contribution in [0.1, 0.15) is 5.82 Å². The maximum atomic E-state index is 6.22. The summed E-state index contributed by atoms with van der Waals surface area (Å²) in [6.07, 6.45) is 0. The minimum absolute atomic E-state index is 0.449. The summed E-state index contributed by atoms with van der Waals surface area (Å²) in [5.74, 6) is 2.70. The number of ether oxygens (including phenoxy) is 1. The first-order chi connectivity index (χ1) is 12.0. The molecule has 0 saturated carbocycles. The van der Waals surface area contributed by atoms with Gasteiger partial charge in [0.05, 0.1) is 22.8 Å². The number of aryl methyl sites for hydroxylation is 1. The number of rotatable bonds is 5. The van der Waals surface area contributed by atoms with Gasteiger partial charge in [-0.05, 0) is 43.3 Å². The maximum Gasteiger partial charge on any atom is 0.136 e. The SMILES string of the molecule is COc1ccc(Nc2cc(Nc3cccc(Cl)c3Cl)nc(C)n2)cc1. The van der Waals surface area contributed by atoms with Crippen LogP contribution in [0.2, 0.25) is 10.0 Å². The van der Waals surface area contributed by atoms with E-state index in [1.54, 1.807) is 19.2 Å². The van der Waals surface area contributed by atoms with E-state index in [0.29, 0.717) is 33.2 Å². The Morgan fingerprint density at radius 2 is 1.60 bits per heavy atom. The fourth-order valence-electron chi connectivity index (χ4n) is 2.26. The lowest BCUT2D eigenvalue weighted by molar-refractivity contribution is 0.415. The standard InChI is InChI=1S/C18H16Cl2N4O/c1-11-21-16(23-12-6-8-13(25-2)9-7-12)10-17(22-11)24-15-5-3-4-14(19)18(15)20/h3-10H,1-2H3,(H2,21,22,23,24). The van der Waals surface area contributed by atoms with E-state index in [1.807, 2.05) is 43.3 Å². The van der Waals surface area contributed by atoms with Crippen molar-refractivity contribution >= 4 is 46.2 Å². The summed E-state index contributed by atoms with van der Waals surface area (Å²) in [5.41, 5.74) is 1.58. The van der Waals surface area contributed by atoms with Crippen LogP contribution < -0.4 is 15.4 Å². The number of hydrogen-bond acceptors (Lipinski definition) is 5. The number of aromatic nitrogens is 2. The van der Waals surface area contributed by atoms with Gasteiger partial charge in [0.2, 0.25) is 0 Å². The molecule has 0 aliphatic carbocycles. The Morgan fingerprint density at radius 3 is 2.28 bits per heavy atom. The molecule has 7 heteroatoms. The van der Waals surface area contributed by atoms with Crippen molar-refractivity contribution < 1.29 is 4.74 Å². The molecule has 25 heavy (non-hydrogen) atoms. The summed E-state index contributed by atoms with van der Waals surface area (Å²) >= 11 is 12.3. The second kappa shape index (κ2) is 7.59. The van der Waals surface area contributed by atoms with E-state index in [0.717, 1.165) is 11.4 Å². The molecule has 0 unspecified atom stereocenters. The van der Waals surface area contributed by atoms with Crippen LogP contribution in [0.5, 0.6) is 5.75 Å². The van der Waals surface area contributed by atoms with Crippen molar-refractivity contribution in [3.8, 4) is 5.75 Å². The van der Waals surface area contributed by atoms with Crippen molar-refractivity contribution in [2.24, 2.45) is 0 Å². The molecule has 0 saturated heterocycles. The van der Waals surface area contributed by atoms with Crippen LogP contribution in [-0.2, 0) is 0 Å². The number of nitrogens with zero attached hydrogens (tertiary/aromatic N) is 2. The van der Waals surface area contributed by atoms with Crippen LogP contribution in [0, 0.1) is 6.92 Å². The predicted molar refractivity (Wildman–Crippen MR) is 103 cm³/mol. The highest BCUT2D eigenvalue weighted by Gasteiger charge is 2.08. The van der Waals surface area contributed by atoms with Crippen molar-refractivity contribution in [2.75, 3.05) is 17.7 Å². The van der Waals surface area contributed by atoms with Gasteiger partial charge in [-0.15, -0.1) is 0 Å². The summed E-state index contributed by atoms with van der Waals surface area (Å²) in [4.78, 5) is 8.79. The highest BCUT2D eigenvalue weighted by molar-refractivity contribution is 6.43. The highest BCUT2D eigenvalue weighted by Crippen LogP contribution is 2.31. The van der Waals surface area contributed by atoms with Gasteiger partial charge in [0.25, 0.3) is 0 Å². The Bertz CT molecular complexity index is 885. The average Bonchev–Trinajstić information content (AvgIpc) is 2.59. The number of halogens is 2. The first kappa shape index (κ1) is 17.3. The molecule has 1 heterocycles. The van der Waals surface area contributed by atoms with Crippen molar-refractivity contribution in [1.82, 2.24) is 9.97 Å². The normalized spacial score (nSPS) is 10.4. The number of methoxy groups -OCH3 is 1. The summed E-state index contributed by atoms with van der Waals surface area (Å²) in [6, 6.07) is 14.8. The molecule has 0 atom stereocenters. The van der Waals surface area contributed by atoms with Gasteiger partial charge < -0.3 is 15.4 Å². The lowest BCUT2D eigenvalue weighted by Gasteiger charge is -2.12. The van der Waals surface area contributed by atoms with E-state index in [9.17, 15) is 0 Å². The second-order valence-corrected chi connectivity index (χ2v) is 6.05. The number of anilines is 4. The predicted octanol–water partition coefficient (Wildman–Crippen LogP) is 5.59. The molecular weight excluding hydrogens is 359 g/mol. The third-order valence-electron chi connectivity index (χ3n) is 3.41. The Hall–Kier alpha value is -2.50. The molecule has 2 N–H and O–H groups in total. The van der Waals surface area contributed by atoms with Gasteiger partial charge in [0, 0.05) is 11.8 Å². The van der Waals surface area contributed by atoms with Crippen molar-refractivity contribution in [1.29, 1.82) is 0 Å². The van der Waals surface area contributed by atoms with Gasteiger partial charge in [-0.25, -0.2) is 9.97 Å². The molecule has 128 valence electrons. The Balaban J connectivity index is 1.83. The minimum Gasteiger partial charge on any atom is -0.497 e. The Kier molecular flexibility index (Phi) is 5.26. The van der Waals surface area contributed by atoms with E-state index < -0.39 is 0 Å². The number of nitrogens with one attached hydrogen (secondary N) is 2. The van der Waals surface area contributed by atoms with E-state index in [1.165, 1.54) is 0 Å².